The second-order valence-electron chi connectivity index (χ2n) is 8.04. The van der Waals surface area contributed by atoms with Gasteiger partial charge in [-0.05, 0) is 12.1 Å². The number of phenolic OH excluding ortho intramolecular Hbond substituents is 2. The predicted octanol–water partition coefficient (Wildman–Crippen LogP) is 0.629. The van der Waals surface area contributed by atoms with Crippen molar-refractivity contribution in [2.75, 3.05) is 13.7 Å². The van der Waals surface area contributed by atoms with Crippen molar-refractivity contribution in [2.45, 2.75) is 37.6 Å². The number of hydrogen-bond acceptors (Lipinski definition) is 12. The fourth-order valence-corrected chi connectivity index (χ4v) is 3.94. The summed E-state index contributed by atoms with van der Waals surface area (Å²) in [5.41, 5.74) is -0.745. The number of aliphatic hydroxyl groups is 3. The van der Waals surface area contributed by atoms with E-state index in [1.807, 2.05) is 0 Å². The summed E-state index contributed by atoms with van der Waals surface area (Å²) < 4.78 is 27.3. The molecule has 2 aromatic carbocycles. The van der Waals surface area contributed by atoms with Crippen LogP contribution in [0.4, 0.5) is 0 Å². The van der Waals surface area contributed by atoms with E-state index in [2.05, 4.69) is 0 Å². The number of fused-ring (bicyclic) bond motifs is 1. The van der Waals surface area contributed by atoms with E-state index in [0.717, 1.165) is 13.0 Å². The third-order valence-electron chi connectivity index (χ3n) is 5.64. The quantitative estimate of drug-likeness (QED) is 0.295. The van der Waals surface area contributed by atoms with Crippen LogP contribution in [-0.4, -0.2) is 75.9 Å². The Bertz CT molecular complexity index is 1330. The number of aliphatic hydroxyl groups excluding tert-OH is 3. The number of phenols is 2. The van der Waals surface area contributed by atoms with Gasteiger partial charge in [-0.2, -0.15) is 0 Å². The van der Waals surface area contributed by atoms with Crippen LogP contribution in [0.1, 0.15) is 6.92 Å². The summed E-state index contributed by atoms with van der Waals surface area (Å²) in [7, 11) is 1.37. The average Bonchev–Trinajstić information content (AvgIpc) is 2.82. The first-order valence-corrected chi connectivity index (χ1v) is 10.8. The normalized spacial score (nSPS) is 23.9. The zero-order chi connectivity index (χ0) is 26.1. The SMILES string of the molecule is COc1cc(O)c2c(=O)cc(-c3c(O)cccc3O[C@@H]3O[C@H](CO)[C@@H](O)[C@H](O)[C@H]3OC(C)=O)oc2c1. The highest BCUT2D eigenvalue weighted by atomic mass is 16.7. The maximum Gasteiger partial charge on any atom is 0.303 e. The fraction of sp³-hybridized carbons (Fsp3) is 0.333. The van der Waals surface area contributed by atoms with Crippen LogP contribution in [0.5, 0.6) is 23.0 Å². The highest BCUT2D eigenvalue weighted by Gasteiger charge is 2.48. The molecule has 192 valence electrons. The fourth-order valence-electron chi connectivity index (χ4n) is 3.94. The third kappa shape index (κ3) is 4.66. The lowest BCUT2D eigenvalue weighted by Gasteiger charge is -2.41. The number of ether oxygens (including phenoxy) is 4. The lowest BCUT2D eigenvalue weighted by Crippen LogP contribution is -2.61. The van der Waals surface area contributed by atoms with E-state index in [-0.39, 0.29) is 45.3 Å². The molecule has 0 saturated carbocycles. The molecule has 1 aromatic heterocycles. The van der Waals surface area contributed by atoms with E-state index in [0.29, 0.717) is 0 Å². The first kappa shape index (κ1) is 25.3. The molecule has 5 atom stereocenters. The van der Waals surface area contributed by atoms with E-state index in [4.69, 9.17) is 23.4 Å². The lowest BCUT2D eigenvalue weighted by molar-refractivity contribution is -0.281. The van der Waals surface area contributed by atoms with Crippen molar-refractivity contribution in [3.63, 3.8) is 0 Å². The first-order chi connectivity index (χ1) is 17.1. The van der Waals surface area contributed by atoms with Crippen LogP contribution in [-0.2, 0) is 14.3 Å². The number of rotatable bonds is 6. The number of methoxy groups -OCH3 is 1. The Morgan fingerprint density at radius 2 is 1.83 bits per heavy atom. The molecule has 1 saturated heterocycles. The Balaban J connectivity index is 1.80. The van der Waals surface area contributed by atoms with Gasteiger partial charge in [-0.3, -0.25) is 9.59 Å². The van der Waals surface area contributed by atoms with Crippen molar-refractivity contribution in [3.05, 3.63) is 46.6 Å². The van der Waals surface area contributed by atoms with Crippen LogP contribution in [0, 0.1) is 0 Å². The number of aromatic hydroxyl groups is 2. The second kappa shape index (κ2) is 10.0. The van der Waals surface area contributed by atoms with Crippen LogP contribution >= 0.6 is 0 Å². The Labute approximate surface area is 203 Å². The van der Waals surface area contributed by atoms with Crippen LogP contribution in [0.3, 0.4) is 0 Å². The maximum atomic E-state index is 12.8. The van der Waals surface area contributed by atoms with Gasteiger partial charge in [0.1, 0.15) is 63.6 Å². The standard InChI is InChI=1S/C24H24O12/c1-10(26)33-23-22(31)21(30)18(9-25)36-24(23)35-15-5-3-4-12(27)20(15)17-8-14(29)19-13(28)6-11(32-2)7-16(19)34-17/h3-8,18,21-25,27-28,30-31H,9H2,1-2H3/t18-,21-,22+,23-,24-/m1/s1. The molecular weight excluding hydrogens is 480 g/mol. The molecule has 12 heteroatoms. The molecule has 3 aromatic rings. The van der Waals surface area contributed by atoms with E-state index in [9.17, 15) is 35.1 Å². The summed E-state index contributed by atoms with van der Waals surface area (Å²) in [5, 5.41) is 50.9. The third-order valence-corrected chi connectivity index (χ3v) is 5.64. The predicted molar refractivity (Wildman–Crippen MR) is 122 cm³/mol. The first-order valence-electron chi connectivity index (χ1n) is 10.8. The maximum absolute atomic E-state index is 12.8. The van der Waals surface area contributed by atoms with Gasteiger partial charge in [0.15, 0.2) is 11.5 Å². The minimum atomic E-state index is -1.67. The van der Waals surface area contributed by atoms with E-state index < -0.39 is 48.7 Å². The highest BCUT2D eigenvalue weighted by molar-refractivity contribution is 5.87. The number of hydrogen-bond donors (Lipinski definition) is 5. The summed E-state index contributed by atoms with van der Waals surface area (Å²) in [6, 6.07) is 7.78. The summed E-state index contributed by atoms with van der Waals surface area (Å²) in [6.07, 6.45) is -7.54. The molecule has 1 aliphatic rings. The lowest BCUT2D eigenvalue weighted by atomic mass is 9.99. The van der Waals surface area contributed by atoms with E-state index in [1.54, 1.807) is 0 Å². The Kier molecular flexibility index (Phi) is 7.04. The van der Waals surface area contributed by atoms with Gasteiger partial charge < -0.3 is 48.9 Å². The zero-order valence-corrected chi connectivity index (χ0v) is 19.2. The molecule has 4 rings (SSSR count). The van der Waals surface area contributed by atoms with Gasteiger partial charge in [0.25, 0.3) is 0 Å². The highest BCUT2D eigenvalue weighted by Crippen LogP contribution is 2.41. The van der Waals surface area contributed by atoms with Crippen molar-refractivity contribution < 1.29 is 53.7 Å². The molecule has 0 spiro atoms. The monoisotopic (exact) mass is 504 g/mol. The van der Waals surface area contributed by atoms with Gasteiger partial charge in [0, 0.05) is 25.1 Å². The van der Waals surface area contributed by atoms with Gasteiger partial charge in [0.05, 0.1) is 13.7 Å². The molecule has 12 nitrogen and oxygen atoms in total. The number of carbonyl (C=O) groups is 1. The molecule has 0 bridgehead atoms. The molecule has 1 fully saturated rings. The molecule has 0 aliphatic carbocycles. The van der Waals surface area contributed by atoms with Gasteiger partial charge in [-0.25, -0.2) is 0 Å². The second-order valence-corrected chi connectivity index (χ2v) is 8.04. The van der Waals surface area contributed by atoms with Gasteiger partial charge in [-0.1, -0.05) is 6.07 Å². The van der Waals surface area contributed by atoms with Crippen LogP contribution < -0.4 is 14.9 Å². The molecule has 5 N–H and O–H groups in total. The smallest absolute Gasteiger partial charge is 0.303 e. The molecule has 36 heavy (non-hydrogen) atoms. The Morgan fingerprint density at radius 1 is 1.08 bits per heavy atom. The molecular formula is C24H24O12. The number of carbonyl (C=O) groups excluding carboxylic acids is 1. The molecule has 1 aliphatic heterocycles. The van der Waals surface area contributed by atoms with Gasteiger partial charge in [0.2, 0.25) is 6.29 Å². The van der Waals surface area contributed by atoms with Gasteiger partial charge >= 0.3 is 5.97 Å². The molecule has 2 heterocycles. The Hall–Kier alpha value is -3.84. The van der Waals surface area contributed by atoms with Crippen molar-refractivity contribution in [1.82, 2.24) is 0 Å². The van der Waals surface area contributed by atoms with Gasteiger partial charge in [-0.15, -0.1) is 0 Å². The van der Waals surface area contributed by atoms with Crippen LogP contribution in [0.15, 0.2) is 45.6 Å². The largest absolute Gasteiger partial charge is 0.507 e. The average molecular weight is 504 g/mol. The summed E-state index contributed by atoms with van der Waals surface area (Å²) >= 11 is 0. The van der Waals surface area contributed by atoms with Crippen molar-refractivity contribution in [3.8, 4) is 34.3 Å². The minimum absolute atomic E-state index is 0.0332. The minimum Gasteiger partial charge on any atom is -0.507 e. The van der Waals surface area contributed by atoms with Crippen LogP contribution in [0.2, 0.25) is 0 Å². The summed E-state index contributed by atoms with van der Waals surface area (Å²) in [5.74, 6) is -1.55. The topological polar surface area (TPSA) is 185 Å². The molecule has 0 amide bonds. The number of benzene rings is 2. The summed E-state index contributed by atoms with van der Waals surface area (Å²) in [6.45, 7) is 0.407. The van der Waals surface area contributed by atoms with Crippen molar-refractivity contribution in [1.29, 1.82) is 0 Å². The van der Waals surface area contributed by atoms with Crippen molar-refractivity contribution in [2.24, 2.45) is 0 Å². The molecule has 0 radical (unpaired) electrons. The van der Waals surface area contributed by atoms with Crippen LogP contribution in [0.25, 0.3) is 22.3 Å². The zero-order valence-electron chi connectivity index (χ0n) is 19.2. The molecule has 0 unspecified atom stereocenters. The van der Waals surface area contributed by atoms with E-state index in [1.165, 1.54) is 37.4 Å². The number of esters is 1. The van der Waals surface area contributed by atoms with Crippen molar-refractivity contribution >= 4 is 16.9 Å². The Morgan fingerprint density at radius 3 is 2.50 bits per heavy atom. The van der Waals surface area contributed by atoms with E-state index >= 15 is 0 Å². The summed E-state index contributed by atoms with van der Waals surface area (Å²) in [4.78, 5) is 24.4.